The predicted octanol–water partition coefficient (Wildman–Crippen LogP) is 5.40. The lowest BCUT2D eigenvalue weighted by molar-refractivity contribution is -0.158. The average molecular weight is 499 g/mol. The van der Waals surface area contributed by atoms with Crippen molar-refractivity contribution in [2.45, 2.75) is 69.3 Å². The van der Waals surface area contributed by atoms with Crippen LogP contribution in [0.15, 0.2) is 47.5 Å². The van der Waals surface area contributed by atoms with Crippen molar-refractivity contribution >= 4 is 26.8 Å². The van der Waals surface area contributed by atoms with Gasteiger partial charge in [0.05, 0.1) is 17.7 Å². The molecular formula is C27H34N2O5S. The van der Waals surface area contributed by atoms with E-state index < -0.39 is 21.4 Å². The van der Waals surface area contributed by atoms with Crippen molar-refractivity contribution in [3.8, 4) is 5.75 Å². The van der Waals surface area contributed by atoms with E-state index in [0.29, 0.717) is 16.6 Å². The summed E-state index contributed by atoms with van der Waals surface area (Å²) in [5.74, 6) is 0.800. The lowest BCUT2D eigenvalue weighted by Gasteiger charge is -2.23. The van der Waals surface area contributed by atoms with E-state index in [4.69, 9.17) is 9.47 Å². The molecule has 1 unspecified atom stereocenters. The molecule has 0 saturated heterocycles. The molecule has 0 spiro atoms. The Kier molecular flexibility index (Phi) is 7.22. The molecule has 35 heavy (non-hydrogen) atoms. The molecule has 2 aromatic heterocycles. The third kappa shape index (κ3) is 5.86. The Hall–Kier alpha value is -2.87. The fraction of sp³-hybridized carbons (Fsp3) is 0.481. The summed E-state index contributed by atoms with van der Waals surface area (Å²) in [6.07, 6.45) is 8.78. The van der Waals surface area contributed by atoms with Crippen molar-refractivity contribution < 1.29 is 22.7 Å². The van der Waals surface area contributed by atoms with Crippen LogP contribution in [0.2, 0.25) is 0 Å². The highest BCUT2D eigenvalue weighted by Gasteiger charge is 2.32. The first-order valence-corrected chi connectivity index (χ1v) is 14.1. The van der Waals surface area contributed by atoms with Gasteiger partial charge in [-0.1, -0.05) is 37.8 Å². The lowest BCUT2D eigenvalue weighted by atomic mass is 9.85. The van der Waals surface area contributed by atoms with Crippen molar-refractivity contribution in [3.05, 3.63) is 53.9 Å². The SMILES string of the molecule is CCOC(=O)C(C)(C)Oc1cnc2[nH]c(C(CC3CCCC3)c3ccc(S(C)(=O)=O)cc3)cc2c1. The van der Waals surface area contributed by atoms with Crippen molar-refractivity contribution in [3.63, 3.8) is 0 Å². The van der Waals surface area contributed by atoms with Crippen LogP contribution in [-0.2, 0) is 19.4 Å². The Labute approximate surface area is 207 Å². The van der Waals surface area contributed by atoms with E-state index in [0.717, 1.165) is 28.7 Å². The number of carbonyl (C=O) groups excluding carboxylic acids is 1. The maximum atomic E-state index is 12.2. The summed E-state index contributed by atoms with van der Waals surface area (Å²) in [7, 11) is -3.25. The highest BCUT2D eigenvalue weighted by atomic mass is 32.2. The number of rotatable bonds is 9. The molecule has 4 rings (SSSR count). The molecule has 7 nitrogen and oxygen atoms in total. The Morgan fingerprint density at radius 2 is 1.86 bits per heavy atom. The molecule has 188 valence electrons. The van der Waals surface area contributed by atoms with E-state index in [1.165, 1.54) is 31.9 Å². The Morgan fingerprint density at radius 3 is 2.49 bits per heavy atom. The number of nitrogens with zero attached hydrogens (tertiary/aromatic N) is 1. The van der Waals surface area contributed by atoms with Gasteiger partial charge in [0.25, 0.3) is 0 Å². The fourth-order valence-corrected chi connectivity index (χ4v) is 5.50. The number of hydrogen-bond acceptors (Lipinski definition) is 6. The number of hydrogen-bond donors (Lipinski definition) is 1. The van der Waals surface area contributed by atoms with Crippen LogP contribution in [0.3, 0.4) is 0 Å². The second kappa shape index (κ2) is 10.0. The van der Waals surface area contributed by atoms with Gasteiger partial charge < -0.3 is 14.5 Å². The van der Waals surface area contributed by atoms with Gasteiger partial charge >= 0.3 is 5.97 Å². The number of H-pyrrole nitrogens is 1. The summed E-state index contributed by atoms with van der Waals surface area (Å²) in [6, 6.07) is 11.2. The Balaban J connectivity index is 1.65. The molecule has 1 saturated carbocycles. The van der Waals surface area contributed by atoms with Gasteiger partial charge in [0, 0.05) is 23.3 Å². The molecule has 0 amide bonds. The summed E-state index contributed by atoms with van der Waals surface area (Å²) >= 11 is 0. The number of nitrogens with one attached hydrogen (secondary N) is 1. The zero-order chi connectivity index (χ0) is 25.2. The summed E-state index contributed by atoms with van der Waals surface area (Å²) < 4.78 is 34.9. The summed E-state index contributed by atoms with van der Waals surface area (Å²) in [6.45, 7) is 5.41. The molecule has 0 bridgehead atoms. The van der Waals surface area contributed by atoms with Gasteiger partial charge in [-0.3, -0.25) is 0 Å². The number of carbonyl (C=O) groups is 1. The number of fused-ring (bicyclic) bond motifs is 1. The number of sulfone groups is 1. The van der Waals surface area contributed by atoms with Gasteiger partial charge in [-0.15, -0.1) is 0 Å². The first-order chi connectivity index (χ1) is 16.6. The van der Waals surface area contributed by atoms with Gasteiger partial charge in [-0.25, -0.2) is 18.2 Å². The zero-order valence-electron chi connectivity index (χ0n) is 20.8. The maximum absolute atomic E-state index is 12.2. The average Bonchev–Trinajstić information content (AvgIpc) is 3.46. The molecule has 3 aromatic rings. The summed E-state index contributed by atoms with van der Waals surface area (Å²) in [5.41, 5.74) is 1.73. The number of benzene rings is 1. The normalized spacial score (nSPS) is 15.9. The van der Waals surface area contributed by atoms with Gasteiger partial charge in [0.1, 0.15) is 11.4 Å². The van der Waals surface area contributed by atoms with Gasteiger partial charge in [0.2, 0.25) is 0 Å². The molecule has 2 heterocycles. The minimum Gasteiger partial charge on any atom is -0.475 e. The number of aromatic amines is 1. The predicted molar refractivity (Wildman–Crippen MR) is 135 cm³/mol. The molecule has 1 aliphatic rings. The molecule has 1 aromatic carbocycles. The molecule has 1 fully saturated rings. The zero-order valence-corrected chi connectivity index (χ0v) is 21.7. The first-order valence-electron chi connectivity index (χ1n) is 12.2. The quantitative estimate of drug-likeness (QED) is 0.397. The van der Waals surface area contributed by atoms with E-state index in [1.807, 2.05) is 18.2 Å². The van der Waals surface area contributed by atoms with Crippen LogP contribution < -0.4 is 4.74 Å². The molecule has 1 atom stereocenters. The van der Waals surface area contributed by atoms with Gasteiger partial charge in [-0.2, -0.15) is 0 Å². The van der Waals surface area contributed by atoms with E-state index >= 15 is 0 Å². The molecule has 0 aliphatic heterocycles. The van der Waals surface area contributed by atoms with Gasteiger partial charge in [-0.05, 0) is 62.9 Å². The monoisotopic (exact) mass is 498 g/mol. The van der Waals surface area contributed by atoms with Crippen LogP contribution in [0.1, 0.15) is 70.1 Å². The van der Waals surface area contributed by atoms with Crippen molar-refractivity contribution in [1.29, 1.82) is 0 Å². The van der Waals surface area contributed by atoms with Crippen LogP contribution in [0.5, 0.6) is 5.75 Å². The molecular weight excluding hydrogens is 464 g/mol. The molecule has 8 heteroatoms. The van der Waals surface area contributed by atoms with Crippen molar-refractivity contribution in [2.24, 2.45) is 5.92 Å². The molecule has 0 radical (unpaired) electrons. The molecule has 1 aliphatic carbocycles. The lowest BCUT2D eigenvalue weighted by Crippen LogP contribution is -2.39. The van der Waals surface area contributed by atoms with Crippen molar-refractivity contribution in [2.75, 3.05) is 12.9 Å². The summed E-state index contributed by atoms with van der Waals surface area (Å²) in [4.78, 5) is 20.5. The Morgan fingerprint density at radius 1 is 1.17 bits per heavy atom. The highest BCUT2D eigenvalue weighted by Crippen LogP contribution is 2.38. The number of pyridine rings is 1. The fourth-order valence-electron chi connectivity index (χ4n) is 4.87. The van der Waals surface area contributed by atoms with Gasteiger partial charge in [0.15, 0.2) is 15.4 Å². The number of esters is 1. The molecule has 1 N–H and O–H groups in total. The van der Waals surface area contributed by atoms with E-state index in [-0.39, 0.29) is 12.5 Å². The highest BCUT2D eigenvalue weighted by molar-refractivity contribution is 7.90. The summed E-state index contributed by atoms with van der Waals surface area (Å²) in [5, 5.41) is 0.890. The largest absolute Gasteiger partial charge is 0.475 e. The van der Waals surface area contributed by atoms with Crippen LogP contribution in [0, 0.1) is 5.92 Å². The van der Waals surface area contributed by atoms with E-state index in [2.05, 4.69) is 16.0 Å². The number of aromatic nitrogens is 2. The third-order valence-corrected chi connectivity index (χ3v) is 7.86. The van der Waals surface area contributed by atoms with Crippen LogP contribution in [0.25, 0.3) is 11.0 Å². The topological polar surface area (TPSA) is 98.3 Å². The van der Waals surface area contributed by atoms with Crippen LogP contribution in [0.4, 0.5) is 0 Å². The van der Waals surface area contributed by atoms with E-state index in [9.17, 15) is 13.2 Å². The van der Waals surface area contributed by atoms with Crippen LogP contribution in [-0.4, -0.2) is 42.8 Å². The standard InChI is InChI=1S/C27H34N2O5S/c1-5-33-26(30)27(2,3)34-21-15-20-16-24(29-25(20)28-17-21)23(14-18-8-6-7-9-18)19-10-12-22(13-11-19)35(4,31)32/h10-13,15-18,23H,5-9,14H2,1-4H3,(H,28,29). The van der Waals surface area contributed by atoms with Crippen LogP contribution >= 0.6 is 0 Å². The van der Waals surface area contributed by atoms with E-state index in [1.54, 1.807) is 39.1 Å². The van der Waals surface area contributed by atoms with Crippen molar-refractivity contribution in [1.82, 2.24) is 9.97 Å². The minimum atomic E-state index is -3.25. The number of ether oxygens (including phenoxy) is 2. The maximum Gasteiger partial charge on any atom is 0.349 e. The first kappa shape index (κ1) is 25.2. The second-order valence-electron chi connectivity index (χ2n) is 9.95. The Bertz CT molecular complexity index is 1290. The minimum absolute atomic E-state index is 0.0984. The third-order valence-electron chi connectivity index (χ3n) is 6.74. The smallest absolute Gasteiger partial charge is 0.349 e. The second-order valence-corrected chi connectivity index (χ2v) is 12.0.